The number of aromatic carboxylic acids is 1. The van der Waals surface area contributed by atoms with E-state index >= 15 is 0 Å². The molecule has 1 amide bonds. The van der Waals surface area contributed by atoms with Crippen molar-refractivity contribution >= 4 is 48.1 Å². The number of carboxylic acids is 1. The molecule has 0 saturated carbocycles. The van der Waals surface area contributed by atoms with Crippen LogP contribution in [0.1, 0.15) is 48.7 Å². The van der Waals surface area contributed by atoms with E-state index in [2.05, 4.69) is 40.5 Å². The molecule has 4 aromatic rings. The number of carbonyl (C=O) groups excluding carboxylic acids is 2. The lowest BCUT2D eigenvalue weighted by Crippen LogP contribution is -2.50. The van der Waals surface area contributed by atoms with Gasteiger partial charge in [-0.25, -0.2) is 9.56 Å². The second kappa shape index (κ2) is 14.4. The molecule has 0 saturated heterocycles. The van der Waals surface area contributed by atoms with Crippen LogP contribution in [-0.2, 0) is 19.3 Å². The van der Waals surface area contributed by atoms with Gasteiger partial charge in [-0.15, -0.1) is 0 Å². The third kappa shape index (κ3) is 7.55. The number of anilines is 2. The van der Waals surface area contributed by atoms with Crippen LogP contribution in [0, 0.1) is 0 Å². The quantitative estimate of drug-likeness (QED) is 0.189. The number of benzene rings is 3. The van der Waals surface area contributed by atoms with Gasteiger partial charge in [0.05, 0.1) is 5.97 Å². The molecular formula is C40H39F3N6O4Si. The molecule has 3 N–H and O–H groups in total. The Morgan fingerprint density at radius 3 is 2.30 bits per heavy atom. The van der Waals surface area contributed by atoms with E-state index in [0.717, 1.165) is 44.1 Å². The van der Waals surface area contributed by atoms with E-state index in [4.69, 9.17) is 10.5 Å². The zero-order valence-electron chi connectivity index (χ0n) is 30.6. The molecule has 0 spiro atoms. The van der Waals surface area contributed by atoms with E-state index in [0.29, 0.717) is 17.2 Å². The molecule has 3 aromatic carbocycles. The summed E-state index contributed by atoms with van der Waals surface area (Å²) in [5.74, 6) is -2.62. The summed E-state index contributed by atoms with van der Waals surface area (Å²) in [5.41, 5.74) is 10.9. The highest BCUT2D eigenvalue weighted by molar-refractivity contribution is 6.98. The van der Waals surface area contributed by atoms with Crippen molar-refractivity contribution in [3.8, 4) is 5.88 Å². The number of nitrogen functional groups attached to an aromatic ring is 1. The van der Waals surface area contributed by atoms with E-state index in [1.165, 1.54) is 12.1 Å². The molecule has 6 rings (SSSR count). The molecule has 10 nitrogen and oxygen atoms in total. The lowest BCUT2D eigenvalue weighted by atomic mass is 9.86. The third-order valence-electron chi connectivity index (χ3n) is 9.57. The summed E-state index contributed by atoms with van der Waals surface area (Å²) in [7, 11) is 5.63. The summed E-state index contributed by atoms with van der Waals surface area (Å²) >= 11 is 0. The zero-order chi connectivity index (χ0) is 39.1. The Kier molecular flexibility index (Phi) is 10.1. The lowest BCUT2D eigenvalue weighted by Gasteiger charge is -2.38. The Labute approximate surface area is 311 Å². The minimum atomic E-state index is -4.70. The van der Waals surface area contributed by atoms with Crippen molar-refractivity contribution in [1.82, 2.24) is 15.3 Å². The number of halogens is 3. The molecule has 14 heteroatoms. The number of amides is 1. The number of hydrogen-bond acceptors (Lipinski definition) is 8. The molecule has 2 heterocycles. The highest BCUT2D eigenvalue weighted by Gasteiger charge is 2.41. The van der Waals surface area contributed by atoms with Crippen LogP contribution in [-0.4, -0.2) is 68.4 Å². The Morgan fingerprint density at radius 2 is 1.65 bits per heavy atom. The fourth-order valence-electron chi connectivity index (χ4n) is 6.60. The number of nitrogens with one attached hydrogen (secondary N) is 1. The first-order chi connectivity index (χ1) is 25.4. The molecule has 2 aliphatic rings. The number of allylic oxidation sites excluding steroid dienone is 5. The molecular weight excluding hydrogens is 714 g/mol. The summed E-state index contributed by atoms with van der Waals surface area (Å²) in [4.78, 5) is 35.2. The maximum Gasteiger partial charge on any atom is 0.433 e. The summed E-state index contributed by atoms with van der Waals surface area (Å²) in [6.45, 7) is 4.67. The van der Waals surface area contributed by atoms with Gasteiger partial charge >= 0.3 is 6.18 Å². The first-order valence-corrected chi connectivity index (χ1v) is 20.0. The smallest absolute Gasteiger partial charge is 0.433 e. The van der Waals surface area contributed by atoms with Gasteiger partial charge in [0.2, 0.25) is 11.8 Å². The van der Waals surface area contributed by atoms with Crippen LogP contribution in [0.2, 0.25) is 13.1 Å². The molecule has 0 bridgehead atoms. The van der Waals surface area contributed by atoms with Crippen molar-refractivity contribution < 1.29 is 37.2 Å². The van der Waals surface area contributed by atoms with Gasteiger partial charge in [0.15, 0.2) is 11.4 Å². The Hall–Kier alpha value is -6.02. The molecule has 0 unspecified atom stereocenters. The van der Waals surface area contributed by atoms with Crippen molar-refractivity contribution in [1.29, 1.82) is 0 Å². The highest BCUT2D eigenvalue weighted by Crippen LogP contribution is 2.43. The average molecular weight is 753 g/mol. The molecule has 54 heavy (non-hydrogen) atoms. The Balaban J connectivity index is 1.28. The van der Waals surface area contributed by atoms with Gasteiger partial charge in [-0.3, -0.25) is 4.79 Å². The number of ether oxygens (including phenoxy) is 1. The second-order valence-electron chi connectivity index (χ2n) is 14.0. The zero-order valence-corrected chi connectivity index (χ0v) is 31.6. The third-order valence-corrected chi connectivity index (χ3v) is 13.1. The van der Waals surface area contributed by atoms with Crippen LogP contribution in [0.25, 0.3) is 5.57 Å². The Bertz CT molecular complexity index is 2310. The van der Waals surface area contributed by atoms with Gasteiger partial charge in [0, 0.05) is 55.7 Å². The van der Waals surface area contributed by atoms with Crippen LogP contribution in [0.5, 0.6) is 5.88 Å². The maximum absolute atomic E-state index is 13.6. The molecule has 0 radical (unpaired) electrons. The molecule has 0 atom stereocenters. The predicted octanol–water partition coefficient (Wildman–Crippen LogP) is 4.50. The van der Waals surface area contributed by atoms with Crippen LogP contribution in [0.3, 0.4) is 0 Å². The SMILES string of the molecule is CN(C)c1ccc2c(c1)[Si](C)(C)C1=CC(=[N+](C)C)C=CC1=C2c1cc(C(=O)NCc2ccc(COc3cc(C(F)(F)F)nc(N)n3)cc2)ccc1C(=O)[O-]. The first kappa shape index (κ1) is 37.7. The van der Waals surface area contributed by atoms with E-state index < -0.39 is 37.8 Å². The average Bonchev–Trinajstić information content (AvgIpc) is 3.12. The van der Waals surface area contributed by atoms with Crippen molar-refractivity contribution in [2.75, 3.05) is 38.8 Å². The number of nitrogens with zero attached hydrogens (tertiary/aromatic N) is 4. The largest absolute Gasteiger partial charge is 0.545 e. The van der Waals surface area contributed by atoms with Gasteiger partial charge in [-0.05, 0) is 74.1 Å². The summed E-state index contributed by atoms with van der Waals surface area (Å²) in [6, 6.07) is 18.4. The fourth-order valence-corrected chi connectivity index (χ4v) is 9.67. The van der Waals surface area contributed by atoms with E-state index in [1.807, 2.05) is 62.0 Å². The van der Waals surface area contributed by atoms with Crippen molar-refractivity contribution in [2.45, 2.75) is 32.4 Å². The molecule has 0 fully saturated rings. The number of fused-ring (bicyclic) bond motifs is 2. The minimum Gasteiger partial charge on any atom is -0.545 e. The monoisotopic (exact) mass is 752 g/mol. The van der Waals surface area contributed by atoms with Crippen molar-refractivity contribution in [3.05, 3.63) is 135 Å². The molecule has 1 aromatic heterocycles. The Morgan fingerprint density at radius 1 is 0.944 bits per heavy atom. The minimum absolute atomic E-state index is 0.0229. The van der Waals surface area contributed by atoms with Gasteiger partial charge in [0.1, 0.15) is 28.8 Å². The van der Waals surface area contributed by atoms with Crippen molar-refractivity contribution in [3.63, 3.8) is 0 Å². The predicted molar refractivity (Wildman–Crippen MR) is 202 cm³/mol. The normalized spacial score (nSPS) is 14.5. The number of hydrogen-bond donors (Lipinski definition) is 2. The maximum atomic E-state index is 13.6. The van der Waals surface area contributed by atoms with Gasteiger partial charge < -0.3 is 30.6 Å². The number of rotatable bonds is 9. The molecule has 278 valence electrons. The summed E-state index contributed by atoms with van der Waals surface area (Å²) < 4.78 is 46.7. The number of alkyl halides is 3. The van der Waals surface area contributed by atoms with Crippen LogP contribution in [0.4, 0.5) is 24.8 Å². The number of carboxylic acid groups (broad SMARTS) is 1. The number of aromatic nitrogens is 2. The highest BCUT2D eigenvalue weighted by atomic mass is 28.3. The topological polar surface area (TPSA) is 137 Å². The standard InChI is InChI=1S/C40H39F3N6O4Si/c1-48(2)26-12-15-29-32(18-26)54(5,6)33-19-27(49(3)4)13-16-30(33)36(29)31-17-25(11-14-28(31)38(51)52)37(50)45-21-23-7-9-24(10-8-23)22-53-35-20-34(40(41,42)43)46-39(44)47-35/h7-20H,21-22H2,1-6H3,(H3-,44,45,46,47,50,51,52). The van der Waals surface area contributed by atoms with Gasteiger partial charge in [0.25, 0.3) is 5.91 Å². The van der Waals surface area contributed by atoms with E-state index in [1.54, 1.807) is 30.3 Å². The molecule has 1 aliphatic heterocycles. The van der Waals surface area contributed by atoms with Gasteiger partial charge in [-0.2, -0.15) is 18.2 Å². The first-order valence-electron chi connectivity index (χ1n) is 17.0. The number of nitrogens with two attached hydrogens (primary N) is 1. The summed E-state index contributed by atoms with van der Waals surface area (Å²) in [5, 5.41) is 17.8. The van der Waals surface area contributed by atoms with E-state index in [9.17, 15) is 27.9 Å². The number of carbonyl (C=O) groups is 2. The second-order valence-corrected chi connectivity index (χ2v) is 18.4. The van der Waals surface area contributed by atoms with Crippen LogP contribution in [0.15, 0.2) is 95.7 Å². The fraction of sp³-hybridized carbons (Fsp3) is 0.225. The molecule has 1 aliphatic carbocycles. The van der Waals surface area contributed by atoms with E-state index in [-0.39, 0.29) is 30.2 Å². The lowest BCUT2D eigenvalue weighted by molar-refractivity contribution is -0.462. The van der Waals surface area contributed by atoms with Crippen LogP contribution < -0.4 is 31.0 Å². The van der Waals surface area contributed by atoms with Crippen LogP contribution >= 0.6 is 0 Å². The van der Waals surface area contributed by atoms with Crippen molar-refractivity contribution in [2.24, 2.45) is 0 Å². The summed E-state index contributed by atoms with van der Waals surface area (Å²) in [6.07, 6.45) is 1.55. The van der Waals surface area contributed by atoms with Gasteiger partial charge in [-0.1, -0.05) is 49.5 Å².